The second-order valence-corrected chi connectivity index (χ2v) is 7.19. The fourth-order valence-electron chi connectivity index (χ4n) is 3.84. The largest absolute Gasteiger partial charge is 0.508 e. The van der Waals surface area contributed by atoms with Crippen molar-refractivity contribution in [1.29, 1.82) is 0 Å². The molecule has 2 atom stereocenters. The van der Waals surface area contributed by atoms with Crippen LogP contribution in [-0.2, 0) is 4.74 Å². The van der Waals surface area contributed by atoms with Crippen LogP contribution >= 0.6 is 0 Å². The Morgan fingerprint density at radius 2 is 2.04 bits per heavy atom. The number of ether oxygens (including phenoxy) is 1. The summed E-state index contributed by atoms with van der Waals surface area (Å²) in [4.78, 5) is 12.7. The summed E-state index contributed by atoms with van der Waals surface area (Å²) in [7, 11) is 0. The molecular formula is C18H26N2O4. The highest BCUT2D eigenvalue weighted by Gasteiger charge is 2.53. The Morgan fingerprint density at radius 1 is 1.33 bits per heavy atom. The van der Waals surface area contributed by atoms with E-state index in [0.717, 1.165) is 31.5 Å². The van der Waals surface area contributed by atoms with Crippen molar-refractivity contribution >= 4 is 5.91 Å². The Balaban J connectivity index is 1.82. The monoisotopic (exact) mass is 334 g/mol. The molecule has 2 aliphatic heterocycles. The third kappa shape index (κ3) is 3.01. The molecule has 132 valence electrons. The minimum absolute atomic E-state index is 0.0539. The smallest absolute Gasteiger partial charge is 0.252 e. The number of aliphatic hydroxyl groups is 1. The zero-order valence-corrected chi connectivity index (χ0v) is 14.3. The highest BCUT2D eigenvalue weighted by molar-refractivity contribution is 5.96. The SMILES string of the molecule is Cc1ccc(O)cc1C(=O)N[C@]1(C)CCOC2(CCNCC2)[C@H]1O. The lowest BCUT2D eigenvalue weighted by molar-refractivity contribution is -0.197. The second kappa shape index (κ2) is 6.35. The predicted molar refractivity (Wildman–Crippen MR) is 90.1 cm³/mol. The third-order valence-electron chi connectivity index (χ3n) is 5.43. The zero-order chi connectivity index (χ0) is 17.4. The van der Waals surface area contributed by atoms with Crippen LogP contribution in [0, 0.1) is 6.92 Å². The average Bonchev–Trinajstić information content (AvgIpc) is 2.56. The number of amides is 1. The number of nitrogens with one attached hydrogen (secondary N) is 2. The third-order valence-corrected chi connectivity index (χ3v) is 5.43. The van der Waals surface area contributed by atoms with Gasteiger partial charge in [-0.1, -0.05) is 6.07 Å². The molecule has 2 aliphatic rings. The van der Waals surface area contributed by atoms with Gasteiger partial charge in [0, 0.05) is 12.2 Å². The first kappa shape index (κ1) is 17.2. The molecule has 1 spiro atoms. The van der Waals surface area contributed by atoms with Crippen LogP contribution in [0.15, 0.2) is 18.2 Å². The lowest BCUT2D eigenvalue weighted by Crippen LogP contribution is -2.69. The molecule has 0 radical (unpaired) electrons. The fourth-order valence-corrected chi connectivity index (χ4v) is 3.84. The summed E-state index contributed by atoms with van der Waals surface area (Å²) in [6, 6.07) is 4.72. The molecule has 1 amide bonds. The van der Waals surface area contributed by atoms with E-state index in [9.17, 15) is 15.0 Å². The van der Waals surface area contributed by atoms with Crippen molar-refractivity contribution in [2.45, 2.75) is 50.4 Å². The zero-order valence-electron chi connectivity index (χ0n) is 14.3. The maximum Gasteiger partial charge on any atom is 0.252 e. The molecule has 1 aromatic rings. The van der Waals surface area contributed by atoms with Crippen molar-refractivity contribution in [1.82, 2.24) is 10.6 Å². The first-order chi connectivity index (χ1) is 11.4. The molecule has 4 N–H and O–H groups in total. The number of piperidine rings is 1. The lowest BCUT2D eigenvalue weighted by atomic mass is 9.73. The summed E-state index contributed by atoms with van der Waals surface area (Å²) in [6.07, 6.45) is 1.23. The van der Waals surface area contributed by atoms with Gasteiger partial charge in [-0.3, -0.25) is 4.79 Å². The van der Waals surface area contributed by atoms with Gasteiger partial charge in [0.25, 0.3) is 5.91 Å². The van der Waals surface area contributed by atoms with Crippen LogP contribution in [0.5, 0.6) is 5.75 Å². The number of hydrogen-bond acceptors (Lipinski definition) is 5. The van der Waals surface area contributed by atoms with Gasteiger partial charge in [-0.25, -0.2) is 0 Å². The first-order valence-corrected chi connectivity index (χ1v) is 8.51. The van der Waals surface area contributed by atoms with Gasteiger partial charge in [-0.2, -0.15) is 0 Å². The lowest BCUT2D eigenvalue weighted by Gasteiger charge is -2.52. The summed E-state index contributed by atoms with van der Waals surface area (Å²) in [6.45, 7) is 5.80. The fraction of sp³-hybridized carbons (Fsp3) is 0.611. The van der Waals surface area contributed by atoms with Gasteiger partial charge in [0.05, 0.1) is 11.1 Å². The number of aromatic hydroxyl groups is 1. The van der Waals surface area contributed by atoms with Gasteiger partial charge in [-0.15, -0.1) is 0 Å². The van der Waals surface area contributed by atoms with Gasteiger partial charge in [0.1, 0.15) is 11.9 Å². The standard InChI is InChI=1S/C18H26N2O4/c1-12-3-4-13(21)11-14(12)15(22)20-17(2)7-10-24-18(16(17)23)5-8-19-9-6-18/h3-4,11,16,19,21,23H,5-10H2,1-2H3,(H,20,22)/t16-,17+/m0/s1. The van der Waals surface area contributed by atoms with E-state index >= 15 is 0 Å². The van der Waals surface area contributed by atoms with Gasteiger partial charge >= 0.3 is 0 Å². The van der Waals surface area contributed by atoms with Gasteiger partial charge < -0.3 is 25.6 Å². The molecule has 24 heavy (non-hydrogen) atoms. The topological polar surface area (TPSA) is 90.8 Å². The van der Waals surface area contributed by atoms with Gasteiger partial charge in [-0.05, 0) is 63.9 Å². The number of rotatable bonds is 2. The molecule has 6 nitrogen and oxygen atoms in total. The quantitative estimate of drug-likeness (QED) is 0.650. The van der Waals surface area contributed by atoms with E-state index in [1.165, 1.54) is 6.07 Å². The van der Waals surface area contributed by atoms with E-state index in [4.69, 9.17) is 4.74 Å². The van der Waals surface area contributed by atoms with Crippen molar-refractivity contribution in [2.75, 3.05) is 19.7 Å². The number of aryl methyl sites for hydroxylation is 1. The number of hydrogen-bond donors (Lipinski definition) is 4. The number of benzene rings is 1. The summed E-state index contributed by atoms with van der Waals surface area (Å²) in [5.41, 5.74) is -0.148. The molecular weight excluding hydrogens is 308 g/mol. The van der Waals surface area contributed by atoms with E-state index in [1.807, 2.05) is 13.8 Å². The van der Waals surface area contributed by atoms with Gasteiger partial charge in [0.15, 0.2) is 0 Å². The molecule has 2 heterocycles. The average molecular weight is 334 g/mol. The second-order valence-electron chi connectivity index (χ2n) is 7.19. The molecule has 0 saturated carbocycles. The van der Waals surface area contributed by atoms with Crippen LogP contribution in [0.2, 0.25) is 0 Å². The molecule has 3 rings (SSSR count). The number of carbonyl (C=O) groups is 1. The van der Waals surface area contributed by atoms with Crippen molar-refractivity contribution in [3.05, 3.63) is 29.3 Å². The minimum Gasteiger partial charge on any atom is -0.508 e. The van der Waals surface area contributed by atoms with Crippen molar-refractivity contribution in [3.63, 3.8) is 0 Å². The highest BCUT2D eigenvalue weighted by Crippen LogP contribution is 2.38. The van der Waals surface area contributed by atoms with Crippen molar-refractivity contribution in [2.24, 2.45) is 0 Å². The van der Waals surface area contributed by atoms with Crippen LogP contribution in [0.3, 0.4) is 0 Å². The van der Waals surface area contributed by atoms with Crippen LogP contribution in [0.1, 0.15) is 42.1 Å². The Hall–Kier alpha value is -1.63. The van der Waals surface area contributed by atoms with Crippen LogP contribution in [-0.4, -0.2) is 53.1 Å². The molecule has 2 saturated heterocycles. The van der Waals surface area contributed by atoms with Crippen LogP contribution in [0.25, 0.3) is 0 Å². The van der Waals surface area contributed by atoms with Crippen molar-refractivity contribution in [3.8, 4) is 5.75 Å². The Morgan fingerprint density at radius 3 is 2.75 bits per heavy atom. The summed E-state index contributed by atoms with van der Waals surface area (Å²) < 4.78 is 5.96. The Labute approximate surface area is 142 Å². The molecule has 0 bridgehead atoms. The van der Waals surface area contributed by atoms with E-state index in [2.05, 4.69) is 10.6 Å². The van der Waals surface area contributed by atoms with Gasteiger partial charge in [0.2, 0.25) is 0 Å². The summed E-state index contributed by atoms with van der Waals surface area (Å²) >= 11 is 0. The van der Waals surface area contributed by atoms with E-state index in [1.54, 1.807) is 12.1 Å². The maximum atomic E-state index is 12.7. The van der Waals surface area contributed by atoms with E-state index in [-0.39, 0.29) is 11.7 Å². The highest BCUT2D eigenvalue weighted by atomic mass is 16.5. The van der Waals surface area contributed by atoms with E-state index in [0.29, 0.717) is 18.6 Å². The summed E-state index contributed by atoms with van der Waals surface area (Å²) in [5.74, 6) is -0.228. The number of carbonyl (C=O) groups excluding carboxylic acids is 1. The number of phenolic OH excluding ortho intramolecular Hbond substituents is 1. The van der Waals surface area contributed by atoms with E-state index < -0.39 is 17.2 Å². The molecule has 2 fully saturated rings. The Bertz CT molecular complexity index is 622. The normalized spacial score (nSPS) is 29.4. The van der Waals surface area contributed by atoms with Crippen molar-refractivity contribution < 1.29 is 19.7 Å². The molecule has 0 aliphatic carbocycles. The molecule has 0 unspecified atom stereocenters. The number of phenols is 1. The molecule has 0 aromatic heterocycles. The van der Waals surface area contributed by atoms with Crippen LogP contribution < -0.4 is 10.6 Å². The molecule has 6 heteroatoms. The summed E-state index contributed by atoms with van der Waals surface area (Å²) in [5, 5.41) is 26.9. The molecule has 1 aromatic carbocycles. The maximum absolute atomic E-state index is 12.7. The Kier molecular flexibility index (Phi) is 4.55. The minimum atomic E-state index is -0.776. The number of aliphatic hydroxyl groups excluding tert-OH is 1. The predicted octanol–water partition coefficient (Wildman–Crippen LogP) is 1.09. The van der Waals surface area contributed by atoms with Crippen LogP contribution in [0.4, 0.5) is 0 Å². The first-order valence-electron chi connectivity index (χ1n) is 8.51.